The van der Waals surface area contributed by atoms with Crippen LogP contribution in [-0.2, 0) is 4.57 Å². The van der Waals surface area contributed by atoms with Crippen molar-refractivity contribution in [3.8, 4) is 5.75 Å². The minimum atomic E-state index is -3.40. The molecule has 0 aliphatic carbocycles. The second-order valence-corrected chi connectivity index (χ2v) is 9.59. The number of phenols is 1. The summed E-state index contributed by atoms with van der Waals surface area (Å²) in [4.78, 5) is 4.40. The van der Waals surface area contributed by atoms with E-state index in [0.29, 0.717) is 21.7 Å². The highest BCUT2D eigenvalue weighted by molar-refractivity contribution is 7.77. The molecule has 0 spiro atoms. The normalized spacial score (nSPS) is 12.0. The first kappa shape index (κ1) is 19.2. The minimum absolute atomic E-state index is 0.0331. The Balaban J connectivity index is 1.76. The van der Waals surface area contributed by atoms with Gasteiger partial charge >= 0.3 is 0 Å². The maximum atomic E-state index is 14.2. The molecule has 5 heteroatoms. The lowest BCUT2D eigenvalue weighted by atomic mass is 9.99. The van der Waals surface area contributed by atoms with Crippen LogP contribution in [0.4, 0.5) is 5.69 Å². The molecule has 5 rings (SSSR count). The molecular weight excluding hydrogens is 403 g/mol. The Morgan fingerprint density at radius 1 is 0.548 bits per heavy atom. The number of nitrogens with zero attached hydrogens (tertiary/aromatic N) is 2. The molecule has 0 atom stereocenters. The monoisotopic (exact) mass is 422 g/mol. The fourth-order valence-electron chi connectivity index (χ4n) is 3.83. The molecule has 0 fully saturated rings. The standard InChI is InChI=1S/C26H19N2O2P/c29-26-24-18-10-8-16-22(24)21-15-7-9-17-23(21)25(26)27-28-31(30,19-11-3-1-4-12-19)20-13-5-2-6-14-20/h1-18,29H. The average molecular weight is 422 g/mol. The molecule has 0 heterocycles. The molecule has 0 saturated carbocycles. The molecule has 31 heavy (non-hydrogen) atoms. The van der Waals surface area contributed by atoms with Crippen LogP contribution in [0.1, 0.15) is 0 Å². The molecule has 0 saturated heterocycles. The van der Waals surface area contributed by atoms with Crippen LogP contribution >= 0.6 is 7.29 Å². The van der Waals surface area contributed by atoms with Crippen LogP contribution in [0.2, 0.25) is 0 Å². The average Bonchev–Trinajstić information content (AvgIpc) is 2.85. The van der Waals surface area contributed by atoms with Crippen molar-refractivity contribution in [1.82, 2.24) is 0 Å². The number of fused-ring (bicyclic) bond motifs is 3. The topological polar surface area (TPSA) is 62.0 Å². The summed E-state index contributed by atoms with van der Waals surface area (Å²) in [6.45, 7) is 0. The fourth-order valence-corrected chi connectivity index (χ4v) is 5.70. The summed E-state index contributed by atoms with van der Waals surface area (Å²) >= 11 is 0. The zero-order valence-electron chi connectivity index (χ0n) is 16.6. The SMILES string of the molecule is O=P(N=Nc1c(O)c2ccccc2c2ccccc12)(c1ccccc1)c1ccccc1. The number of aromatic hydroxyl groups is 1. The summed E-state index contributed by atoms with van der Waals surface area (Å²) in [6, 6.07) is 33.6. The van der Waals surface area contributed by atoms with Gasteiger partial charge in [0.05, 0.1) is 0 Å². The molecular formula is C26H19N2O2P. The van der Waals surface area contributed by atoms with Crippen LogP contribution in [0, 0.1) is 0 Å². The number of hydrogen-bond donors (Lipinski definition) is 1. The molecule has 0 bridgehead atoms. The van der Waals surface area contributed by atoms with Crippen LogP contribution < -0.4 is 10.6 Å². The Kier molecular flexibility index (Phi) is 4.85. The van der Waals surface area contributed by atoms with E-state index < -0.39 is 7.29 Å². The Morgan fingerprint density at radius 2 is 0.968 bits per heavy atom. The van der Waals surface area contributed by atoms with Gasteiger partial charge in [-0.15, -0.1) is 10.00 Å². The molecule has 0 aromatic heterocycles. The summed E-state index contributed by atoms with van der Waals surface area (Å²) in [6.07, 6.45) is 0. The maximum Gasteiger partial charge on any atom is 0.266 e. The van der Waals surface area contributed by atoms with Gasteiger partial charge in [0, 0.05) is 21.4 Å². The maximum absolute atomic E-state index is 14.2. The molecule has 4 nitrogen and oxygen atoms in total. The summed E-state index contributed by atoms with van der Waals surface area (Å²) in [5, 5.41) is 20.0. The highest BCUT2D eigenvalue weighted by Gasteiger charge is 2.27. The molecule has 5 aromatic rings. The zero-order chi connectivity index (χ0) is 21.3. The van der Waals surface area contributed by atoms with Gasteiger partial charge in [-0.1, -0.05) is 84.9 Å². The van der Waals surface area contributed by atoms with Crippen LogP contribution in [0.15, 0.2) is 119 Å². The Hall–Kier alpha value is -3.75. The zero-order valence-corrected chi connectivity index (χ0v) is 17.5. The third-order valence-corrected chi connectivity index (χ3v) is 7.70. The molecule has 5 aromatic carbocycles. The molecule has 0 aliphatic rings. The number of rotatable bonds is 4. The van der Waals surface area contributed by atoms with Crippen molar-refractivity contribution in [2.75, 3.05) is 0 Å². The quantitative estimate of drug-likeness (QED) is 0.199. The van der Waals surface area contributed by atoms with Crippen molar-refractivity contribution >= 4 is 45.1 Å². The van der Waals surface area contributed by atoms with Gasteiger partial charge in [-0.25, -0.2) is 0 Å². The van der Waals surface area contributed by atoms with Crippen LogP contribution in [0.3, 0.4) is 0 Å². The van der Waals surface area contributed by atoms with E-state index in [-0.39, 0.29) is 5.75 Å². The van der Waals surface area contributed by atoms with Gasteiger partial charge in [-0.05, 0) is 35.0 Å². The number of phenolic OH excluding ortho intramolecular Hbond substituents is 1. The summed E-state index contributed by atoms with van der Waals surface area (Å²) in [5.41, 5.74) is 0.321. The van der Waals surface area contributed by atoms with Gasteiger partial charge in [0.25, 0.3) is 7.29 Å². The summed E-state index contributed by atoms with van der Waals surface area (Å²) in [7, 11) is -3.40. The van der Waals surface area contributed by atoms with Gasteiger partial charge in [0.15, 0.2) is 5.75 Å². The Bertz CT molecular complexity index is 1420. The summed E-state index contributed by atoms with van der Waals surface area (Å²) in [5.74, 6) is 0.0331. The van der Waals surface area contributed by atoms with Crippen molar-refractivity contribution in [1.29, 1.82) is 0 Å². The second-order valence-electron chi connectivity index (χ2n) is 7.22. The molecule has 0 aliphatic heterocycles. The van der Waals surface area contributed by atoms with Crippen molar-refractivity contribution in [2.24, 2.45) is 10.00 Å². The van der Waals surface area contributed by atoms with Crippen molar-refractivity contribution in [2.45, 2.75) is 0 Å². The third kappa shape index (κ3) is 3.31. The number of benzene rings is 5. The van der Waals surface area contributed by atoms with E-state index >= 15 is 0 Å². The first-order valence-electron chi connectivity index (χ1n) is 9.95. The van der Waals surface area contributed by atoms with Crippen molar-refractivity contribution in [3.05, 3.63) is 109 Å². The van der Waals surface area contributed by atoms with E-state index in [0.717, 1.165) is 16.2 Å². The van der Waals surface area contributed by atoms with E-state index in [1.807, 2.05) is 84.9 Å². The largest absolute Gasteiger partial charge is 0.505 e. The Morgan fingerprint density at radius 3 is 1.52 bits per heavy atom. The lowest BCUT2D eigenvalue weighted by molar-refractivity contribution is 0.483. The van der Waals surface area contributed by atoms with E-state index in [9.17, 15) is 9.67 Å². The molecule has 1 N–H and O–H groups in total. The predicted molar refractivity (Wildman–Crippen MR) is 127 cm³/mol. The van der Waals surface area contributed by atoms with E-state index in [1.165, 1.54) is 0 Å². The highest BCUT2D eigenvalue weighted by Crippen LogP contribution is 2.49. The summed E-state index contributed by atoms with van der Waals surface area (Å²) < 4.78 is 14.2. The van der Waals surface area contributed by atoms with E-state index in [4.69, 9.17) is 0 Å². The lowest BCUT2D eigenvalue weighted by Gasteiger charge is -2.14. The molecule has 0 radical (unpaired) electrons. The minimum Gasteiger partial charge on any atom is -0.505 e. The highest BCUT2D eigenvalue weighted by atomic mass is 31.2. The predicted octanol–water partition coefficient (Wildman–Crippen LogP) is 6.71. The third-order valence-electron chi connectivity index (χ3n) is 5.36. The van der Waals surface area contributed by atoms with Gasteiger partial charge in [0.2, 0.25) is 0 Å². The van der Waals surface area contributed by atoms with Crippen LogP contribution in [-0.4, -0.2) is 5.11 Å². The van der Waals surface area contributed by atoms with Gasteiger partial charge in [-0.2, -0.15) is 0 Å². The second kappa shape index (κ2) is 7.82. The lowest BCUT2D eigenvalue weighted by Crippen LogP contribution is -2.13. The van der Waals surface area contributed by atoms with E-state index in [1.54, 1.807) is 24.3 Å². The fraction of sp³-hybridized carbons (Fsp3) is 0. The van der Waals surface area contributed by atoms with Gasteiger partial charge in [-0.3, -0.25) is 4.57 Å². The van der Waals surface area contributed by atoms with Crippen LogP contribution in [0.25, 0.3) is 21.5 Å². The molecule has 150 valence electrons. The van der Waals surface area contributed by atoms with Crippen LogP contribution in [0.5, 0.6) is 5.75 Å². The van der Waals surface area contributed by atoms with Gasteiger partial charge < -0.3 is 5.11 Å². The first-order chi connectivity index (χ1) is 15.2. The Labute approximate surface area is 179 Å². The van der Waals surface area contributed by atoms with Crippen molar-refractivity contribution < 1.29 is 9.67 Å². The number of hydrogen-bond acceptors (Lipinski definition) is 3. The first-order valence-corrected chi connectivity index (χ1v) is 11.6. The smallest absolute Gasteiger partial charge is 0.266 e. The van der Waals surface area contributed by atoms with E-state index in [2.05, 4.69) is 10.00 Å². The van der Waals surface area contributed by atoms with Gasteiger partial charge in [0.1, 0.15) is 5.69 Å². The molecule has 0 amide bonds. The molecule has 0 unspecified atom stereocenters. The van der Waals surface area contributed by atoms with Crippen molar-refractivity contribution in [3.63, 3.8) is 0 Å².